The number of aliphatic hydroxyl groups excluding tert-OH is 2. The summed E-state index contributed by atoms with van der Waals surface area (Å²) in [6.45, 7) is 7.53. The number of aromatic nitrogens is 3. The Morgan fingerprint density at radius 1 is 0.952 bits per heavy atom. The first-order chi connectivity index (χ1) is 29.7. The number of carbonyl (C=O) groups is 4. The van der Waals surface area contributed by atoms with Crippen LogP contribution in [0.1, 0.15) is 60.8 Å². The summed E-state index contributed by atoms with van der Waals surface area (Å²) in [5.74, 6) is 3.96. The maximum atomic E-state index is 14.0. The summed E-state index contributed by atoms with van der Waals surface area (Å²) in [4.78, 5) is 67.6. The lowest BCUT2D eigenvalue weighted by molar-refractivity contribution is -0.144. The van der Waals surface area contributed by atoms with Crippen LogP contribution in [-0.2, 0) is 34.1 Å². The lowest BCUT2D eigenvalue weighted by atomic mass is 9.85. The van der Waals surface area contributed by atoms with Gasteiger partial charge in [-0.15, -0.1) is 11.3 Å². The lowest BCUT2D eigenvalue weighted by Gasteiger charge is -2.35. The number of aryl methyl sites for hydroxylation is 1. The Hall–Kier alpha value is -6.58. The van der Waals surface area contributed by atoms with Gasteiger partial charge in [-0.05, 0) is 59.2 Å². The number of rotatable bonds is 13. The Labute approximate surface area is 362 Å². The molecule has 17 heteroatoms. The van der Waals surface area contributed by atoms with Crippen molar-refractivity contribution in [2.24, 2.45) is 5.41 Å². The highest BCUT2D eigenvalue weighted by Gasteiger charge is 2.44. The van der Waals surface area contributed by atoms with Crippen molar-refractivity contribution >= 4 is 46.5 Å². The molecule has 6 rings (SSSR count). The van der Waals surface area contributed by atoms with Crippen LogP contribution < -0.4 is 26.6 Å². The van der Waals surface area contributed by atoms with Crippen LogP contribution in [0.25, 0.3) is 10.4 Å². The van der Waals surface area contributed by atoms with Crippen molar-refractivity contribution in [1.29, 1.82) is 0 Å². The van der Waals surface area contributed by atoms with Crippen molar-refractivity contribution in [2.75, 3.05) is 23.7 Å². The van der Waals surface area contributed by atoms with Crippen LogP contribution >= 0.6 is 11.3 Å². The van der Waals surface area contributed by atoms with Gasteiger partial charge in [-0.3, -0.25) is 14.4 Å². The Kier molecular flexibility index (Phi) is 14.7. The SMILES string of the molecule is Cc1ncsc1-c1ccc(CNC(=O)[C@@H]2C[C@@H](O)CN2C(=O)[C@@H](NC(=O)CNCc2ccc(C#Cc3cc(NC(=O)Nc4cc(F)ncc4CO)ccn3)cc2)C(C)(C)C)cc1. The van der Waals surface area contributed by atoms with Crippen LogP contribution in [0.4, 0.5) is 20.6 Å². The van der Waals surface area contributed by atoms with Crippen LogP contribution in [0, 0.1) is 30.1 Å². The minimum absolute atomic E-state index is 0.0230. The molecule has 1 saturated heterocycles. The average molecular weight is 862 g/mol. The summed E-state index contributed by atoms with van der Waals surface area (Å²) in [6.07, 6.45) is 1.83. The van der Waals surface area contributed by atoms with E-state index < -0.39 is 54.0 Å². The van der Waals surface area contributed by atoms with Crippen LogP contribution in [0.3, 0.4) is 0 Å². The summed E-state index contributed by atoms with van der Waals surface area (Å²) in [5, 5.41) is 34.0. The number of pyridine rings is 2. The monoisotopic (exact) mass is 861 g/mol. The van der Waals surface area contributed by atoms with Gasteiger partial charge in [0.1, 0.15) is 17.8 Å². The number of carbonyl (C=O) groups excluding carboxylic acids is 4. The maximum absolute atomic E-state index is 14.0. The summed E-state index contributed by atoms with van der Waals surface area (Å²) in [6, 6.07) is 16.8. The Morgan fingerprint density at radius 3 is 2.37 bits per heavy atom. The summed E-state index contributed by atoms with van der Waals surface area (Å²) < 4.78 is 13.6. The third kappa shape index (κ3) is 12.0. The number of hydrogen-bond donors (Lipinski definition) is 7. The molecule has 3 aromatic heterocycles. The van der Waals surface area contributed by atoms with Gasteiger partial charge in [-0.2, -0.15) is 4.39 Å². The third-order valence-corrected chi connectivity index (χ3v) is 11.0. The molecule has 0 saturated carbocycles. The van der Waals surface area contributed by atoms with Gasteiger partial charge in [0.2, 0.25) is 23.7 Å². The van der Waals surface area contributed by atoms with Crippen molar-refractivity contribution in [3.63, 3.8) is 0 Å². The van der Waals surface area contributed by atoms with Crippen molar-refractivity contribution < 1.29 is 33.8 Å². The molecule has 3 atom stereocenters. The molecule has 322 valence electrons. The average Bonchev–Trinajstić information content (AvgIpc) is 3.86. The second-order valence-electron chi connectivity index (χ2n) is 15.8. The zero-order valence-corrected chi connectivity index (χ0v) is 35.5. The van der Waals surface area contributed by atoms with Gasteiger partial charge in [-0.25, -0.2) is 19.7 Å². The predicted octanol–water partition coefficient (Wildman–Crippen LogP) is 4.48. The third-order valence-electron chi connectivity index (χ3n) is 10.0. The highest BCUT2D eigenvalue weighted by Crippen LogP contribution is 2.28. The van der Waals surface area contributed by atoms with Gasteiger partial charge in [0.25, 0.3) is 0 Å². The van der Waals surface area contributed by atoms with E-state index in [1.807, 2.05) is 76.2 Å². The number of halogens is 1. The fourth-order valence-electron chi connectivity index (χ4n) is 6.72. The fourth-order valence-corrected chi connectivity index (χ4v) is 7.53. The first-order valence-corrected chi connectivity index (χ1v) is 20.7. The van der Waals surface area contributed by atoms with Gasteiger partial charge in [0, 0.05) is 61.3 Å². The largest absolute Gasteiger partial charge is 0.392 e. The number of likely N-dealkylation sites (tertiary alicyclic amines) is 1. The second-order valence-corrected chi connectivity index (χ2v) is 16.7. The summed E-state index contributed by atoms with van der Waals surface area (Å²) in [5.41, 5.74) is 6.68. The summed E-state index contributed by atoms with van der Waals surface area (Å²) >= 11 is 1.56. The molecule has 15 nitrogen and oxygen atoms in total. The van der Waals surface area contributed by atoms with Crippen LogP contribution in [0.2, 0.25) is 0 Å². The Bertz CT molecular complexity index is 2460. The van der Waals surface area contributed by atoms with Gasteiger partial charge >= 0.3 is 6.03 Å². The number of anilines is 2. The standard InChI is InChI=1S/C45H48FN9O6S/c1-27-40(62-26-51-27)31-12-9-30(10-13-31)21-50-42(59)37-18-35(57)24-55(37)43(60)41(45(2,3)4)54-39(58)23-47-20-29-7-5-28(6-8-29)11-14-33-17-34(15-16-48-33)52-44(61)53-36-19-38(46)49-22-32(36)25-56/h5-10,12-13,15-17,19,22,26,35,37,41,47,56-57H,18,20-21,23-25H2,1-4H3,(H,50,59)(H,54,58)(H2,48,49,52,53,61)/t35-,37+,41-/m1/s1. The van der Waals surface area contributed by atoms with Gasteiger partial charge in [0.15, 0.2) is 0 Å². The zero-order chi connectivity index (χ0) is 44.4. The molecule has 0 aliphatic carbocycles. The van der Waals surface area contributed by atoms with Crippen LogP contribution in [-0.4, -0.2) is 85.1 Å². The number of amides is 5. The van der Waals surface area contributed by atoms with E-state index in [1.54, 1.807) is 29.0 Å². The van der Waals surface area contributed by atoms with E-state index in [0.717, 1.165) is 39.5 Å². The van der Waals surface area contributed by atoms with Crippen molar-refractivity contribution in [3.05, 3.63) is 124 Å². The molecule has 5 aromatic rings. The van der Waals surface area contributed by atoms with E-state index in [-0.39, 0.29) is 43.2 Å². The predicted molar refractivity (Wildman–Crippen MR) is 233 cm³/mol. The molecule has 1 aliphatic rings. The van der Waals surface area contributed by atoms with Crippen molar-refractivity contribution in [1.82, 2.24) is 35.8 Å². The molecule has 0 unspecified atom stereocenters. The van der Waals surface area contributed by atoms with E-state index in [2.05, 4.69) is 53.4 Å². The first kappa shape index (κ1) is 45.0. The summed E-state index contributed by atoms with van der Waals surface area (Å²) in [7, 11) is 0. The van der Waals surface area contributed by atoms with E-state index in [1.165, 1.54) is 11.1 Å². The molecule has 5 amide bonds. The Morgan fingerprint density at radius 2 is 1.68 bits per heavy atom. The molecule has 2 aromatic carbocycles. The molecular weight excluding hydrogens is 814 g/mol. The number of benzene rings is 2. The van der Waals surface area contributed by atoms with E-state index in [0.29, 0.717) is 23.5 Å². The van der Waals surface area contributed by atoms with Gasteiger partial charge in [0.05, 0.1) is 41.0 Å². The van der Waals surface area contributed by atoms with Crippen LogP contribution in [0.15, 0.2) is 84.6 Å². The van der Waals surface area contributed by atoms with Gasteiger partial charge in [-0.1, -0.05) is 63.1 Å². The molecular formula is C45H48FN9O6S. The topological polar surface area (TPSA) is 211 Å². The number of hydrogen-bond acceptors (Lipinski definition) is 11. The normalized spacial score (nSPS) is 15.2. The number of urea groups is 1. The Balaban J connectivity index is 0.975. The highest BCUT2D eigenvalue weighted by atomic mass is 32.1. The number of β-amino-alcohol motifs (C(OH)–C–C–N with tert-alkyl or cyclic N) is 1. The molecule has 0 radical (unpaired) electrons. The van der Waals surface area contributed by atoms with E-state index in [4.69, 9.17) is 0 Å². The quantitative estimate of drug-likeness (QED) is 0.0652. The molecule has 1 fully saturated rings. The first-order valence-electron chi connectivity index (χ1n) is 19.8. The minimum Gasteiger partial charge on any atom is -0.392 e. The highest BCUT2D eigenvalue weighted by molar-refractivity contribution is 7.13. The lowest BCUT2D eigenvalue weighted by Crippen LogP contribution is -2.58. The van der Waals surface area contributed by atoms with Crippen molar-refractivity contribution in [2.45, 2.75) is 72.0 Å². The molecule has 0 bridgehead atoms. The molecule has 0 spiro atoms. The zero-order valence-electron chi connectivity index (χ0n) is 34.7. The fraction of sp³-hybridized carbons (Fsp3) is 0.311. The minimum atomic E-state index is -0.959. The molecule has 62 heavy (non-hydrogen) atoms. The number of nitrogens with one attached hydrogen (secondary N) is 5. The van der Waals surface area contributed by atoms with E-state index in [9.17, 15) is 33.8 Å². The van der Waals surface area contributed by atoms with Crippen molar-refractivity contribution in [3.8, 4) is 22.3 Å². The smallest absolute Gasteiger partial charge is 0.323 e. The van der Waals surface area contributed by atoms with Crippen LogP contribution in [0.5, 0.6) is 0 Å². The number of thiazole rings is 1. The number of aliphatic hydroxyl groups is 2. The maximum Gasteiger partial charge on any atom is 0.323 e. The van der Waals surface area contributed by atoms with E-state index >= 15 is 0 Å². The second kappa shape index (κ2) is 20.3. The molecule has 1 aliphatic heterocycles. The van der Waals surface area contributed by atoms with Gasteiger partial charge < -0.3 is 41.7 Å². The number of nitrogens with zero attached hydrogens (tertiary/aromatic N) is 4. The molecule has 4 heterocycles. The molecule has 7 N–H and O–H groups in total.